The number of halogens is 1. The van der Waals surface area contributed by atoms with E-state index in [-0.39, 0.29) is 24.2 Å². The number of nitrogens with zero attached hydrogens (tertiary/aromatic N) is 2. The van der Waals surface area contributed by atoms with E-state index in [2.05, 4.69) is 5.32 Å². The summed E-state index contributed by atoms with van der Waals surface area (Å²) in [5.41, 5.74) is 1.06. The second-order valence-corrected chi connectivity index (χ2v) is 4.61. The van der Waals surface area contributed by atoms with Crippen molar-refractivity contribution in [3.8, 4) is 0 Å². The van der Waals surface area contributed by atoms with Crippen LogP contribution in [0.1, 0.15) is 20.7 Å². The Morgan fingerprint density at radius 1 is 1.10 bits per heavy atom. The fourth-order valence-electron chi connectivity index (χ4n) is 1.64. The number of hydrogen-bond acceptors (Lipinski definition) is 3. The van der Waals surface area contributed by atoms with Crippen molar-refractivity contribution in [2.75, 3.05) is 41.3 Å². The van der Waals surface area contributed by atoms with Crippen molar-refractivity contribution in [2.45, 2.75) is 0 Å². The monoisotopic (exact) mass is 299 g/mol. The molecular weight excluding hydrogens is 278 g/mol. The van der Waals surface area contributed by atoms with Gasteiger partial charge in [-0.05, 0) is 25.2 Å². The normalized spacial score (nSPS) is 9.60. The zero-order valence-electron chi connectivity index (χ0n) is 12.3. The summed E-state index contributed by atoms with van der Waals surface area (Å²) in [6, 6.07) is 6.81. The summed E-state index contributed by atoms with van der Waals surface area (Å²) < 4.78 is 0. The molecule has 0 atom stereocenters. The SMILES string of the molecule is CNCCN(C)C(=O)c1cccc(C(=O)N(C)C)c1.Cl. The maximum atomic E-state index is 12.2. The number of amides is 2. The Morgan fingerprint density at radius 2 is 1.65 bits per heavy atom. The highest BCUT2D eigenvalue weighted by Crippen LogP contribution is 2.09. The summed E-state index contributed by atoms with van der Waals surface area (Å²) in [7, 11) is 6.97. The van der Waals surface area contributed by atoms with Gasteiger partial charge in [-0.3, -0.25) is 9.59 Å². The summed E-state index contributed by atoms with van der Waals surface area (Å²) in [5, 5.41) is 2.99. The first-order chi connectivity index (χ1) is 8.97. The molecule has 0 fully saturated rings. The molecule has 1 aromatic rings. The van der Waals surface area contributed by atoms with Crippen LogP contribution in [-0.2, 0) is 0 Å². The molecule has 6 heteroatoms. The summed E-state index contributed by atoms with van der Waals surface area (Å²) in [6.45, 7) is 1.36. The fourth-order valence-corrected chi connectivity index (χ4v) is 1.64. The van der Waals surface area contributed by atoms with Crippen LogP contribution in [0.5, 0.6) is 0 Å². The third-order valence-electron chi connectivity index (χ3n) is 2.81. The van der Waals surface area contributed by atoms with Crippen molar-refractivity contribution in [3.05, 3.63) is 35.4 Å². The number of benzene rings is 1. The Bertz CT molecular complexity index is 463. The third-order valence-corrected chi connectivity index (χ3v) is 2.81. The second-order valence-electron chi connectivity index (χ2n) is 4.61. The van der Waals surface area contributed by atoms with Gasteiger partial charge in [-0.2, -0.15) is 0 Å². The smallest absolute Gasteiger partial charge is 0.253 e. The number of hydrogen-bond donors (Lipinski definition) is 1. The molecule has 5 nitrogen and oxygen atoms in total. The van der Waals surface area contributed by atoms with Crippen LogP contribution in [0.4, 0.5) is 0 Å². The van der Waals surface area contributed by atoms with Crippen molar-refractivity contribution >= 4 is 24.2 Å². The quantitative estimate of drug-likeness (QED) is 0.886. The lowest BCUT2D eigenvalue weighted by molar-refractivity contribution is 0.0797. The molecule has 0 aliphatic rings. The van der Waals surface area contributed by atoms with E-state index in [1.807, 2.05) is 7.05 Å². The molecule has 2 amide bonds. The van der Waals surface area contributed by atoms with E-state index >= 15 is 0 Å². The minimum Gasteiger partial charge on any atom is -0.345 e. The van der Waals surface area contributed by atoms with Gasteiger partial charge in [0.1, 0.15) is 0 Å². The molecular formula is C14H22ClN3O2. The fraction of sp³-hybridized carbons (Fsp3) is 0.429. The maximum Gasteiger partial charge on any atom is 0.253 e. The molecule has 0 saturated heterocycles. The zero-order chi connectivity index (χ0) is 14.4. The summed E-state index contributed by atoms with van der Waals surface area (Å²) in [6.07, 6.45) is 0. The third kappa shape index (κ3) is 4.83. The predicted octanol–water partition coefficient (Wildman–Crippen LogP) is 1.10. The van der Waals surface area contributed by atoms with Gasteiger partial charge in [0.05, 0.1) is 0 Å². The van der Waals surface area contributed by atoms with Crippen LogP contribution >= 0.6 is 12.4 Å². The van der Waals surface area contributed by atoms with Crippen LogP contribution in [0.15, 0.2) is 24.3 Å². The molecule has 0 aromatic heterocycles. The second kappa shape index (κ2) is 8.55. The van der Waals surface area contributed by atoms with Gasteiger partial charge >= 0.3 is 0 Å². The Kier molecular flexibility index (Phi) is 7.87. The predicted molar refractivity (Wildman–Crippen MR) is 82.6 cm³/mol. The van der Waals surface area contributed by atoms with E-state index in [9.17, 15) is 9.59 Å². The Hall–Kier alpha value is -1.59. The lowest BCUT2D eigenvalue weighted by Gasteiger charge is -2.17. The van der Waals surface area contributed by atoms with E-state index in [0.717, 1.165) is 6.54 Å². The first-order valence-corrected chi connectivity index (χ1v) is 6.19. The lowest BCUT2D eigenvalue weighted by Crippen LogP contribution is -2.33. The first-order valence-electron chi connectivity index (χ1n) is 6.19. The van der Waals surface area contributed by atoms with Crippen LogP contribution in [-0.4, -0.2) is 62.9 Å². The Labute approximate surface area is 126 Å². The van der Waals surface area contributed by atoms with E-state index < -0.39 is 0 Å². The van der Waals surface area contributed by atoms with Crippen molar-refractivity contribution in [1.82, 2.24) is 15.1 Å². The molecule has 1 aromatic carbocycles. The van der Waals surface area contributed by atoms with Gasteiger partial charge in [-0.25, -0.2) is 0 Å². The van der Waals surface area contributed by atoms with Crippen LogP contribution in [0.2, 0.25) is 0 Å². The molecule has 112 valence electrons. The first kappa shape index (κ1) is 18.4. The molecule has 0 aliphatic heterocycles. The molecule has 0 saturated carbocycles. The van der Waals surface area contributed by atoms with E-state index in [4.69, 9.17) is 0 Å². The topological polar surface area (TPSA) is 52.7 Å². The summed E-state index contributed by atoms with van der Waals surface area (Å²) in [5.74, 6) is -0.184. The van der Waals surface area contributed by atoms with Crippen molar-refractivity contribution in [3.63, 3.8) is 0 Å². The van der Waals surface area contributed by atoms with Gasteiger partial charge in [0.2, 0.25) is 0 Å². The Balaban J connectivity index is 0.00000361. The molecule has 20 heavy (non-hydrogen) atoms. The highest BCUT2D eigenvalue weighted by atomic mass is 35.5. The zero-order valence-corrected chi connectivity index (χ0v) is 13.2. The van der Waals surface area contributed by atoms with Crippen molar-refractivity contribution in [1.29, 1.82) is 0 Å². The van der Waals surface area contributed by atoms with Gasteiger partial charge < -0.3 is 15.1 Å². The maximum absolute atomic E-state index is 12.2. The minimum absolute atomic E-state index is 0. The van der Waals surface area contributed by atoms with Gasteiger partial charge in [0, 0.05) is 45.4 Å². The molecule has 0 heterocycles. The Morgan fingerprint density at radius 3 is 2.15 bits per heavy atom. The largest absolute Gasteiger partial charge is 0.345 e. The number of nitrogens with one attached hydrogen (secondary N) is 1. The van der Waals surface area contributed by atoms with Gasteiger partial charge in [0.25, 0.3) is 11.8 Å². The highest BCUT2D eigenvalue weighted by molar-refractivity contribution is 5.99. The lowest BCUT2D eigenvalue weighted by atomic mass is 10.1. The average Bonchev–Trinajstić information content (AvgIpc) is 2.43. The molecule has 0 unspecified atom stereocenters. The van der Waals surface area contributed by atoms with E-state index in [0.29, 0.717) is 17.7 Å². The van der Waals surface area contributed by atoms with Crippen molar-refractivity contribution < 1.29 is 9.59 Å². The average molecular weight is 300 g/mol. The van der Waals surface area contributed by atoms with E-state index in [1.165, 1.54) is 4.90 Å². The molecule has 1 rings (SSSR count). The standard InChI is InChI=1S/C14H21N3O2.ClH/c1-15-8-9-17(4)14(19)12-7-5-6-11(10-12)13(18)16(2)3;/h5-7,10,15H,8-9H2,1-4H3;1H. The molecule has 0 bridgehead atoms. The molecule has 0 radical (unpaired) electrons. The molecule has 0 aliphatic carbocycles. The van der Waals surface area contributed by atoms with Crippen LogP contribution in [0.25, 0.3) is 0 Å². The summed E-state index contributed by atoms with van der Waals surface area (Å²) >= 11 is 0. The van der Waals surface area contributed by atoms with E-state index in [1.54, 1.807) is 50.3 Å². The van der Waals surface area contributed by atoms with Gasteiger partial charge in [-0.15, -0.1) is 12.4 Å². The van der Waals surface area contributed by atoms with Crippen LogP contribution in [0, 0.1) is 0 Å². The van der Waals surface area contributed by atoms with Gasteiger partial charge in [-0.1, -0.05) is 6.07 Å². The summed E-state index contributed by atoms with van der Waals surface area (Å²) in [4.78, 5) is 27.1. The number of likely N-dealkylation sites (N-methyl/N-ethyl adjacent to an activating group) is 2. The van der Waals surface area contributed by atoms with Gasteiger partial charge in [0.15, 0.2) is 0 Å². The minimum atomic E-state index is -0.104. The molecule has 1 N–H and O–H groups in total. The highest BCUT2D eigenvalue weighted by Gasteiger charge is 2.14. The van der Waals surface area contributed by atoms with Crippen LogP contribution < -0.4 is 5.32 Å². The number of carbonyl (C=O) groups excluding carboxylic acids is 2. The van der Waals surface area contributed by atoms with Crippen molar-refractivity contribution in [2.24, 2.45) is 0 Å². The molecule has 0 spiro atoms. The number of rotatable bonds is 5. The van der Waals surface area contributed by atoms with Crippen LogP contribution in [0.3, 0.4) is 0 Å². The number of carbonyl (C=O) groups is 2.